The van der Waals surface area contributed by atoms with Gasteiger partial charge in [0.2, 0.25) is 0 Å². The van der Waals surface area contributed by atoms with Gasteiger partial charge in [0.1, 0.15) is 4.90 Å². The molecule has 0 amide bonds. The summed E-state index contributed by atoms with van der Waals surface area (Å²) in [6, 6.07) is 0. The number of anilines is 2. The van der Waals surface area contributed by atoms with Crippen LogP contribution in [0.4, 0.5) is 11.6 Å². The SMILES string of the molecule is CCn1cc(S(=O)(=O)Nc2n[nH]c(C)c2C)c(N)n1. The molecule has 0 saturated heterocycles. The van der Waals surface area contributed by atoms with Crippen molar-refractivity contribution in [1.29, 1.82) is 0 Å². The Morgan fingerprint density at radius 1 is 1.47 bits per heavy atom. The number of aryl methyl sites for hydroxylation is 2. The highest BCUT2D eigenvalue weighted by Gasteiger charge is 2.23. The first kappa shape index (κ1) is 13.4. The summed E-state index contributed by atoms with van der Waals surface area (Å²) in [5, 5.41) is 10.5. The Labute approximate surface area is 111 Å². The lowest BCUT2D eigenvalue weighted by molar-refractivity contribution is 0.600. The Morgan fingerprint density at radius 2 is 2.16 bits per heavy atom. The Morgan fingerprint density at radius 3 is 2.63 bits per heavy atom. The van der Waals surface area contributed by atoms with Gasteiger partial charge in [-0.25, -0.2) is 8.42 Å². The van der Waals surface area contributed by atoms with E-state index in [1.807, 2.05) is 13.8 Å². The van der Waals surface area contributed by atoms with Crippen LogP contribution < -0.4 is 10.5 Å². The van der Waals surface area contributed by atoms with Crippen LogP contribution in [0.3, 0.4) is 0 Å². The van der Waals surface area contributed by atoms with Crippen molar-refractivity contribution in [2.75, 3.05) is 10.5 Å². The number of sulfonamides is 1. The summed E-state index contributed by atoms with van der Waals surface area (Å²) in [5.41, 5.74) is 7.16. The number of H-pyrrole nitrogens is 1. The number of nitrogens with one attached hydrogen (secondary N) is 2. The third kappa shape index (κ3) is 2.41. The molecule has 2 heterocycles. The van der Waals surface area contributed by atoms with Gasteiger partial charge in [-0.15, -0.1) is 0 Å². The summed E-state index contributed by atoms with van der Waals surface area (Å²) < 4.78 is 28.3. The fourth-order valence-electron chi connectivity index (χ4n) is 1.55. The second-order valence-electron chi connectivity index (χ2n) is 4.16. The number of aromatic amines is 1. The third-order valence-electron chi connectivity index (χ3n) is 2.85. The summed E-state index contributed by atoms with van der Waals surface area (Å²) in [6.45, 7) is 5.97. The molecular formula is C10H16N6O2S. The minimum absolute atomic E-state index is 0.0285. The molecule has 0 aliphatic heterocycles. The highest BCUT2D eigenvalue weighted by molar-refractivity contribution is 7.92. The summed E-state index contributed by atoms with van der Waals surface area (Å²) in [4.78, 5) is -0.0468. The van der Waals surface area contributed by atoms with E-state index in [0.29, 0.717) is 6.54 Å². The van der Waals surface area contributed by atoms with Crippen molar-refractivity contribution in [1.82, 2.24) is 20.0 Å². The van der Waals surface area contributed by atoms with Gasteiger partial charge in [-0.05, 0) is 20.8 Å². The lowest BCUT2D eigenvalue weighted by atomic mass is 10.3. The minimum atomic E-state index is -3.78. The molecular weight excluding hydrogens is 268 g/mol. The molecule has 0 fully saturated rings. The number of hydrogen-bond acceptors (Lipinski definition) is 5. The van der Waals surface area contributed by atoms with E-state index >= 15 is 0 Å². The van der Waals surface area contributed by atoms with Crippen molar-refractivity contribution >= 4 is 21.7 Å². The monoisotopic (exact) mass is 284 g/mol. The fraction of sp³-hybridized carbons (Fsp3) is 0.400. The molecule has 0 unspecified atom stereocenters. The van der Waals surface area contributed by atoms with Gasteiger partial charge in [-0.2, -0.15) is 10.2 Å². The van der Waals surface area contributed by atoms with Crippen molar-refractivity contribution in [3.05, 3.63) is 17.5 Å². The van der Waals surface area contributed by atoms with Crippen LogP contribution in [0.5, 0.6) is 0 Å². The highest BCUT2D eigenvalue weighted by atomic mass is 32.2. The fourth-order valence-corrected chi connectivity index (χ4v) is 2.69. The molecule has 0 aliphatic rings. The summed E-state index contributed by atoms with van der Waals surface area (Å²) in [7, 11) is -3.78. The summed E-state index contributed by atoms with van der Waals surface area (Å²) >= 11 is 0. The van der Waals surface area contributed by atoms with Gasteiger partial charge in [0.05, 0.1) is 0 Å². The predicted octanol–water partition coefficient (Wildman–Crippen LogP) is 0.626. The lowest BCUT2D eigenvalue weighted by Gasteiger charge is -2.04. The molecule has 2 aromatic heterocycles. The summed E-state index contributed by atoms with van der Waals surface area (Å²) in [6.07, 6.45) is 1.40. The van der Waals surface area contributed by atoms with Crippen molar-refractivity contribution in [2.45, 2.75) is 32.2 Å². The Bertz CT molecular complexity index is 700. The number of hydrogen-bond donors (Lipinski definition) is 3. The van der Waals surface area contributed by atoms with Crippen LogP contribution in [0.25, 0.3) is 0 Å². The van der Waals surface area contributed by atoms with E-state index in [-0.39, 0.29) is 16.5 Å². The molecule has 0 saturated carbocycles. The first-order valence-electron chi connectivity index (χ1n) is 5.72. The van der Waals surface area contributed by atoms with Gasteiger partial charge in [-0.1, -0.05) is 0 Å². The van der Waals surface area contributed by atoms with E-state index in [1.165, 1.54) is 10.9 Å². The van der Waals surface area contributed by atoms with Crippen LogP contribution in [0.1, 0.15) is 18.2 Å². The van der Waals surface area contributed by atoms with E-state index in [4.69, 9.17) is 5.73 Å². The zero-order chi connectivity index (χ0) is 14.2. The lowest BCUT2D eigenvalue weighted by Crippen LogP contribution is -2.14. The first-order chi connectivity index (χ1) is 8.85. The molecule has 0 atom stereocenters. The zero-order valence-electron chi connectivity index (χ0n) is 10.9. The maximum absolute atomic E-state index is 12.2. The Balaban J connectivity index is 2.37. The molecule has 8 nitrogen and oxygen atoms in total. The molecule has 2 rings (SSSR count). The molecule has 104 valence electrons. The average Bonchev–Trinajstić information content (AvgIpc) is 2.87. The van der Waals surface area contributed by atoms with Gasteiger partial charge >= 0.3 is 0 Å². The normalized spacial score (nSPS) is 11.7. The molecule has 0 aromatic carbocycles. The highest BCUT2D eigenvalue weighted by Crippen LogP contribution is 2.22. The first-order valence-corrected chi connectivity index (χ1v) is 7.20. The molecule has 4 N–H and O–H groups in total. The maximum atomic E-state index is 12.2. The molecule has 0 radical (unpaired) electrons. The van der Waals surface area contributed by atoms with Gasteiger partial charge in [0.25, 0.3) is 10.0 Å². The molecule has 0 aliphatic carbocycles. The molecule has 9 heteroatoms. The molecule has 0 bridgehead atoms. The van der Waals surface area contributed by atoms with Gasteiger partial charge in [-0.3, -0.25) is 14.5 Å². The van der Waals surface area contributed by atoms with E-state index in [9.17, 15) is 8.42 Å². The van der Waals surface area contributed by atoms with E-state index in [2.05, 4.69) is 20.0 Å². The topological polar surface area (TPSA) is 119 Å². The number of aromatic nitrogens is 4. The predicted molar refractivity (Wildman–Crippen MR) is 71.2 cm³/mol. The molecule has 0 spiro atoms. The van der Waals surface area contributed by atoms with Crippen LogP contribution in [0, 0.1) is 13.8 Å². The standard InChI is InChI=1S/C10H16N6O2S/c1-4-16-5-8(9(11)14-16)19(17,18)15-10-6(2)7(3)12-13-10/h5H,4H2,1-3H3,(H2,11,14)(H2,12,13,15). The van der Waals surface area contributed by atoms with Crippen LogP contribution in [0.15, 0.2) is 11.1 Å². The van der Waals surface area contributed by atoms with Crippen LogP contribution >= 0.6 is 0 Å². The van der Waals surface area contributed by atoms with Gasteiger partial charge < -0.3 is 5.73 Å². The smallest absolute Gasteiger partial charge is 0.268 e. The average molecular weight is 284 g/mol. The minimum Gasteiger partial charge on any atom is -0.381 e. The zero-order valence-corrected chi connectivity index (χ0v) is 11.7. The maximum Gasteiger partial charge on any atom is 0.268 e. The van der Waals surface area contributed by atoms with Crippen molar-refractivity contribution < 1.29 is 8.42 Å². The number of rotatable bonds is 4. The Hall–Kier alpha value is -2.03. The van der Waals surface area contributed by atoms with Crippen molar-refractivity contribution in [3.63, 3.8) is 0 Å². The molecule has 2 aromatic rings. The second kappa shape index (κ2) is 4.57. The van der Waals surface area contributed by atoms with Gasteiger partial charge in [0.15, 0.2) is 11.6 Å². The number of nitrogen functional groups attached to an aromatic ring is 1. The van der Waals surface area contributed by atoms with E-state index in [1.54, 1.807) is 6.92 Å². The third-order valence-corrected chi connectivity index (χ3v) is 4.21. The van der Waals surface area contributed by atoms with Crippen LogP contribution in [-0.2, 0) is 16.6 Å². The summed E-state index contributed by atoms with van der Waals surface area (Å²) in [5.74, 6) is 0.236. The second-order valence-corrected chi connectivity index (χ2v) is 5.81. The number of nitrogens with zero attached hydrogens (tertiary/aromatic N) is 3. The van der Waals surface area contributed by atoms with Crippen LogP contribution in [-0.4, -0.2) is 28.4 Å². The quantitative estimate of drug-likeness (QED) is 0.760. The van der Waals surface area contributed by atoms with E-state index < -0.39 is 10.0 Å². The molecule has 19 heavy (non-hydrogen) atoms. The van der Waals surface area contributed by atoms with Gasteiger partial charge in [0, 0.05) is 24.0 Å². The largest absolute Gasteiger partial charge is 0.381 e. The number of nitrogens with two attached hydrogens (primary N) is 1. The van der Waals surface area contributed by atoms with E-state index in [0.717, 1.165) is 11.3 Å². The van der Waals surface area contributed by atoms with Crippen molar-refractivity contribution in [2.24, 2.45) is 0 Å². The van der Waals surface area contributed by atoms with Crippen molar-refractivity contribution in [3.8, 4) is 0 Å². The Kier molecular flexibility index (Phi) is 3.23. The van der Waals surface area contributed by atoms with Crippen LogP contribution in [0.2, 0.25) is 0 Å².